The topological polar surface area (TPSA) is 26.0 Å². The molecular weight excluding hydrogens is 215 g/mol. The van der Waals surface area contributed by atoms with E-state index in [2.05, 4.69) is 0 Å². The van der Waals surface area contributed by atoms with Crippen LogP contribution in [0.5, 0.6) is 0 Å². The maximum absolute atomic E-state index is 13.2. The minimum Gasteiger partial charge on any atom is -0.317 e. The molecule has 0 aliphatic heterocycles. The van der Waals surface area contributed by atoms with Crippen LogP contribution in [-0.2, 0) is 5.54 Å². The maximum Gasteiger partial charge on any atom is 0.260 e. The van der Waals surface area contributed by atoms with Crippen LogP contribution in [0.4, 0.5) is 13.2 Å². The Balaban J connectivity index is 3.31. The predicted molar refractivity (Wildman–Crippen MR) is 49.0 cm³/mol. The zero-order chi connectivity index (χ0) is 10.9. The molecule has 1 nitrogen and oxygen atoms in total. The summed E-state index contributed by atoms with van der Waals surface area (Å²) in [4.78, 5) is 0. The lowest BCUT2D eigenvalue weighted by Gasteiger charge is -2.25. The van der Waals surface area contributed by atoms with Gasteiger partial charge >= 0.3 is 0 Å². The third-order valence-electron chi connectivity index (χ3n) is 1.95. The van der Waals surface area contributed by atoms with Crippen LogP contribution in [0.15, 0.2) is 18.2 Å². The number of hydrogen-bond donors (Lipinski definition) is 1. The lowest BCUT2D eigenvalue weighted by Crippen LogP contribution is -2.41. The lowest BCUT2D eigenvalue weighted by atomic mass is 9.93. The molecular formula is C9H9ClF3N. The summed E-state index contributed by atoms with van der Waals surface area (Å²) in [6.07, 6.45) is -2.88. The quantitative estimate of drug-likeness (QED) is 0.820. The molecule has 14 heavy (non-hydrogen) atoms. The highest BCUT2D eigenvalue weighted by atomic mass is 35.5. The molecule has 78 valence electrons. The molecule has 0 amide bonds. The van der Waals surface area contributed by atoms with E-state index < -0.39 is 17.8 Å². The summed E-state index contributed by atoms with van der Waals surface area (Å²) in [5.74, 6) is -0.817. The standard InChI is InChI=1S/C9H9ClF3N/c1-9(14,8(12)13)7-5(10)3-2-4-6(7)11/h2-4,8H,14H2,1H3. The molecule has 0 spiro atoms. The Hall–Kier alpha value is -0.740. The van der Waals surface area contributed by atoms with E-state index in [1.807, 2.05) is 0 Å². The van der Waals surface area contributed by atoms with Crippen molar-refractivity contribution in [3.8, 4) is 0 Å². The van der Waals surface area contributed by atoms with Gasteiger partial charge in [-0.15, -0.1) is 0 Å². The van der Waals surface area contributed by atoms with E-state index in [-0.39, 0.29) is 10.6 Å². The van der Waals surface area contributed by atoms with Crippen molar-refractivity contribution in [2.75, 3.05) is 0 Å². The van der Waals surface area contributed by atoms with Gasteiger partial charge in [-0.2, -0.15) is 0 Å². The summed E-state index contributed by atoms with van der Waals surface area (Å²) in [5.41, 5.74) is 2.89. The van der Waals surface area contributed by atoms with E-state index in [4.69, 9.17) is 17.3 Å². The van der Waals surface area contributed by atoms with Crippen molar-refractivity contribution in [2.24, 2.45) is 5.73 Å². The van der Waals surface area contributed by atoms with Gasteiger partial charge in [-0.3, -0.25) is 0 Å². The molecule has 0 aliphatic rings. The molecule has 0 aliphatic carbocycles. The van der Waals surface area contributed by atoms with E-state index >= 15 is 0 Å². The molecule has 0 bridgehead atoms. The number of benzene rings is 1. The molecule has 0 heterocycles. The second-order valence-corrected chi connectivity index (χ2v) is 3.59. The average Bonchev–Trinajstić information content (AvgIpc) is 2.02. The Labute approximate surface area is 84.7 Å². The van der Waals surface area contributed by atoms with Crippen LogP contribution in [0.25, 0.3) is 0 Å². The number of halogens is 4. The third-order valence-corrected chi connectivity index (χ3v) is 2.27. The average molecular weight is 224 g/mol. The van der Waals surface area contributed by atoms with Crippen molar-refractivity contribution in [3.63, 3.8) is 0 Å². The maximum atomic E-state index is 13.2. The van der Waals surface area contributed by atoms with Crippen molar-refractivity contribution >= 4 is 11.6 Å². The minimum atomic E-state index is -2.88. The molecule has 1 atom stereocenters. The van der Waals surface area contributed by atoms with Gasteiger partial charge < -0.3 is 5.73 Å². The lowest BCUT2D eigenvalue weighted by molar-refractivity contribution is 0.0605. The first-order valence-corrected chi connectivity index (χ1v) is 4.26. The molecule has 1 unspecified atom stereocenters. The van der Waals surface area contributed by atoms with Crippen LogP contribution >= 0.6 is 11.6 Å². The number of rotatable bonds is 2. The number of alkyl halides is 2. The van der Waals surface area contributed by atoms with Crippen LogP contribution in [0.2, 0.25) is 5.02 Å². The Morgan fingerprint density at radius 1 is 1.43 bits per heavy atom. The second-order valence-electron chi connectivity index (χ2n) is 3.18. The first-order valence-electron chi connectivity index (χ1n) is 3.89. The van der Waals surface area contributed by atoms with E-state index in [0.29, 0.717) is 0 Å². The molecule has 1 aromatic rings. The number of nitrogens with two attached hydrogens (primary N) is 1. The fourth-order valence-electron chi connectivity index (χ4n) is 1.12. The van der Waals surface area contributed by atoms with Gasteiger partial charge in [-0.1, -0.05) is 17.7 Å². The fraction of sp³-hybridized carbons (Fsp3) is 0.333. The Kier molecular flexibility index (Phi) is 3.07. The van der Waals surface area contributed by atoms with Crippen LogP contribution in [0, 0.1) is 5.82 Å². The van der Waals surface area contributed by atoms with Gasteiger partial charge in [-0.05, 0) is 19.1 Å². The molecule has 1 rings (SSSR count). The zero-order valence-electron chi connectivity index (χ0n) is 7.40. The SMILES string of the molecule is CC(N)(c1c(F)cccc1Cl)C(F)F. The molecule has 0 saturated heterocycles. The summed E-state index contributed by atoms with van der Waals surface area (Å²) in [5, 5.41) is -0.0877. The van der Waals surface area contributed by atoms with E-state index in [9.17, 15) is 13.2 Å². The van der Waals surface area contributed by atoms with Gasteiger partial charge in [0.05, 0.1) is 0 Å². The molecule has 0 saturated carbocycles. The zero-order valence-corrected chi connectivity index (χ0v) is 8.15. The monoisotopic (exact) mass is 223 g/mol. The summed E-state index contributed by atoms with van der Waals surface area (Å²) in [6.45, 7) is 1.04. The first kappa shape index (κ1) is 11.3. The van der Waals surface area contributed by atoms with Crippen LogP contribution in [-0.4, -0.2) is 6.43 Å². The van der Waals surface area contributed by atoms with Crippen molar-refractivity contribution in [1.82, 2.24) is 0 Å². The van der Waals surface area contributed by atoms with Gasteiger partial charge in [-0.25, -0.2) is 13.2 Å². The van der Waals surface area contributed by atoms with Gasteiger partial charge in [0.2, 0.25) is 0 Å². The third kappa shape index (κ3) is 1.86. The molecule has 1 aromatic carbocycles. The van der Waals surface area contributed by atoms with E-state index in [1.165, 1.54) is 12.1 Å². The van der Waals surface area contributed by atoms with Gasteiger partial charge in [0.25, 0.3) is 6.43 Å². The first-order chi connectivity index (χ1) is 6.37. The molecule has 5 heteroatoms. The Morgan fingerprint density at radius 3 is 2.43 bits per heavy atom. The highest BCUT2D eigenvalue weighted by Crippen LogP contribution is 2.32. The summed E-state index contributed by atoms with van der Waals surface area (Å²) < 4.78 is 38.2. The summed E-state index contributed by atoms with van der Waals surface area (Å²) in [6, 6.07) is 3.71. The molecule has 0 aromatic heterocycles. The highest BCUT2D eigenvalue weighted by Gasteiger charge is 2.36. The van der Waals surface area contributed by atoms with Crippen molar-refractivity contribution < 1.29 is 13.2 Å². The predicted octanol–water partition coefficient (Wildman–Crippen LogP) is 2.92. The van der Waals surface area contributed by atoms with E-state index in [1.54, 1.807) is 0 Å². The smallest absolute Gasteiger partial charge is 0.260 e. The van der Waals surface area contributed by atoms with Crippen molar-refractivity contribution in [1.29, 1.82) is 0 Å². The fourth-order valence-corrected chi connectivity index (χ4v) is 1.49. The summed E-state index contributed by atoms with van der Waals surface area (Å²) in [7, 11) is 0. The minimum absolute atomic E-state index is 0.0877. The molecule has 0 radical (unpaired) electrons. The molecule has 2 N–H and O–H groups in total. The second kappa shape index (κ2) is 3.79. The Morgan fingerprint density at radius 2 is 2.00 bits per heavy atom. The largest absolute Gasteiger partial charge is 0.317 e. The normalized spacial score (nSPS) is 15.6. The van der Waals surface area contributed by atoms with Crippen LogP contribution in [0.3, 0.4) is 0 Å². The van der Waals surface area contributed by atoms with Crippen molar-refractivity contribution in [3.05, 3.63) is 34.6 Å². The van der Waals surface area contributed by atoms with E-state index in [0.717, 1.165) is 13.0 Å². The highest BCUT2D eigenvalue weighted by molar-refractivity contribution is 6.31. The van der Waals surface area contributed by atoms with Gasteiger partial charge in [0.1, 0.15) is 11.4 Å². The van der Waals surface area contributed by atoms with Crippen LogP contribution in [0.1, 0.15) is 12.5 Å². The summed E-state index contributed by atoms with van der Waals surface area (Å²) >= 11 is 5.60. The number of hydrogen-bond acceptors (Lipinski definition) is 1. The Bertz CT molecular complexity index is 319. The van der Waals surface area contributed by atoms with Crippen LogP contribution < -0.4 is 5.73 Å². The van der Waals surface area contributed by atoms with Gasteiger partial charge in [0.15, 0.2) is 0 Å². The van der Waals surface area contributed by atoms with Gasteiger partial charge in [0, 0.05) is 10.6 Å². The van der Waals surface area contributed by atoms with Crippen molar-refractivity contribution in [2.45, 2.75) is 18.9 Å². The molecule has 0 fully saturated rings.